The van der Waals surface area contributed by atoms with Crippen molar-refractivity contribution in [3.05, 3.63) is 35.9 Å². The molecular weight excluding hydrogens is 143 g/mol. The summed E-state index contributed by atoms with van der Waals surface area (Å²) in [4.78, 5) is 0. The fourth-order valence-electron chi connectivity index (χ4n) is 0.482. The van der Waals surface area contributed by atoms with Crippen LogP contribution < -0.4 is 0 Å². The second-order valence-electron chi connectivity index (χ2n) is 2.34. The lowest BCUT2D eigenvalue weighted by Crippen LogP contribution is -1.81. The quantitative estimate of drug-likeness (QED) is 0.491. The van der Waals surface area contributed by atoms with E-state index < -0.39 is 5.83 Å². The smallest absolute Gasteiger partial charge is 0.134 e. The van der Waals surface area contributed by atoms with Crippen LogP contribution in [0.1, 0.15) is 20.3 Å². The van der Waals surface area contributed by atoms with Gasteiger partial charge in [-0.2, -0.15) is 0 Å². The van der Waals surface area contributed by atoms with Crippen LogP contribution in [0.4, 0.5) is 4.39 Å². The standard InChI is InChI=1S/C9H13FO/c1-4-7(2)5-6-9(11)8(3)10/h4-5,11H,1,6H2,2-3H3/b7-5-,9-8-. The van der Waals surface area contributed by atoms with E-state index in [0.29, 0.717) is 0 Å². The molecule has 0 saturated carbocycles. The van der Waals surface area contributed by atoms with E-state index in [1.165, 1.54) is 6.92 Å². The lowest BCUT2D eigenvalue weighted by Gasteiger charge is -1.95. The predicted molar refractivity (Wildman–Crippen MR) is 45.0 cm³/mol. The molecule has 1 N–H and O–H groups in total. The zero-order chi connectivity index (χ0) is 8.85. The molecular formula is C9H13FO. The van der Waals surface area contributed by atoms with E-state index in [1.807, 2.05) is 6.92 Å². The molecule has 0 spiro atoms. The zero-order valence-corrected chi connectivity index (χ0v) is 6.89. The molecule has 0 aliphatic rings. The van der Waals surface area contributed by atoms with Crippen LogP contribution in [0.25, 0.3) is 0 Å². The minimum Gasteiger partial charge on any atom is -0.509 e. The summed E-state index contributed by atoms with van der Waals surface area (Å²) in [7, 11) is 0. The topological polar surface area (TPSA) is 20.2 Å². The van der Waals surface area contributed by atoms with E-state index in [0.717, 1.165) is 5.57 Å². The highest BCUT2D eigenvalue weighted by molar-refractivity contribution is 5.15. The van der Waals surface area contributed by atoms with E-state index in [4.69, 9.17) is 5.11 Å². The third kappa shape index (κ3) is 4.37. The Morgan fingerprint density at radius 3 is 2.45 bits per heavy atom. The minimum absolute atomic E-state index is 0.216. The Labute approximate surface area is 66.5 Å². The van der Waals surface area contributed by atoms with Crippen LogP contribution in [0.15, 0.2) is 35.9 Å². The summed E-state index contributed by atoms with van der Waals surface area (Å²) in [5.41, 5.74) is 0.929. The van der Waals surface area contributed by atoms with Crippen molar-refractivity contribution < 1.29 is 9.50 Å². The molecule has 11 heavy (non-hydrogen) atoms. The Morgan fingerprint density at radius 2 is 2.09 bits per heavy atom. The van der Waals surface area contributed by atoms with Gasteiger partial charge in [-0.3, -0.25) is 0 Å². The minimum atomic E-state index is -0.530. The van der Waals surface area contributed by atoms with Crippen LogP contribution in [-0.2, 0) is 0 Å². The molecule has 0 unspecified atom stereocenters. The second-order valence-corrected chi connectivity index (χ2v) is 2.34. The van der Waals surface area contributed by atoms with Crippen molar-refractivity contribution in [2.75, 3.05) is 0 Å². The van der Waals surface area contributed by atoms with Crippen LogP contribution >= 0.6 is 0 Å². The van der Waals surface area contributed by atoms with E-state index in [-0.39, 0.29) is 12.2 Å². The monoisotopic (exact) mass is 156 g/mol. The van der Waals surface area contributed by atoms with Crippen molar-refractivity contribution in [2.24, 2.45) is 0 Å². The molecule has 1 nitrogen and oxygen atoms in total. The number of hydrogen-bond donors (Lipinski definition) is 1. The third-order valence-corrected chi connectivity index (χ3v) is 1.34. The Balaban J connectivity index is 4.09. The predicted octanol–water partition coefficient (Wildman–Crippen LogP) is 3.27. The number of rotatable bonds is 3. The Bertz CT molecular complexity index is 198. The summed E-state index contributed by atoms with van der Waals surface area (Å²) in [5.74, 6) is -0.746. The van der Waals surface area contributed by atoms with Gasteiger partial charge in [-0.25, -0.2) is 4.39 Å². The van der Waals surface area contributed by atoms with Crippen molar-refractivity contribution in [1.29, 1.82) is 0 Å². The first kappa shape index (κ1) is 9.95. The normalized spacial score (nSPS) is 14.3. The van der Waals surface area contributed by atoms with E-state index in [9.17, 15) is 4.39 Å². The summed E-state index contributed by atoms with van der Waals surface area (Å²) in [5, 5.41) is 8.90. The maximum Gasteiger partial charge on any atom is 0.134 e. The fraction of sp³-hybridized carbons (Fsp3) is 0.333. The molecule has 0 amide bonds. The van der Waals surface area contributed by atoms with Gasteiger partial charge in [-0.05, 0) is 13.8 Å². The largest absolute Gasteiger partial charge is 0.509 e. The molecule has 0 aromatic rings. The fourth-order valence-corrected chi connectivity index (χ4v) is 0.482. The van der Waals surface area contributed by atoms with Gasteiger partial charge < -0.3 is 5.11 Å². The third-order valence-electron chi connectivity index (χ3n) is 1.34. The first-order valence-corrected chi connectivity index (χ1v) is 3.41. The van der Waals surface area contributed by atoms with Gasteiger partial charge in [0.1, 0.15) is 11.6 Å². The van der Waals surface area contributed by atoms with Gasteiger partial charge in [0.25, 0.3) is 0 Å². The second kappa shape index (κ2) is 4.72. The summed E-state index contributed by atoms with van der Waals surface area (Å²) >= 11 is 0. The van der Waals surface area contributed by atoms with Crippen molar-refractivity contribution >= 4 is 0 Å². The van der Waals surface area contributed by atoms with Crippen LogP contribution in [0.5, 0.6) is 0 Å². The number of hydrogen-bond acceptors (Lipinski definition) is 1. The van der Waals surface area contributed by atoms with Crippen molar-refractivity contribution in [3.63, 3.8) is 0 Å². The van der Waals surface area contributed by atoms with Crippen LogP contribution in [0, 0.1) is 0 Å². The Kier molecular flexibility index (Phi) is 4.27. The Hall–Kier alpha value is -1.05. The van der Waals surface area contributed by atoms with Gasteiger partial charge in [0.15, 0.2) is 0 Å². The summed E-state index contributed by atoms with van der Waals surface area (Å²) in [6.07, 6.45) is 3.60. The lowest BCUT2D eigenvalue weighted by atomic mass is 10.2. The van der Waals surface area contributed by atoms with Crippen LogP contribution in [0.3, 0.4) is 0 Å². The molecule has 0 rings (SSSR count). The molecule has 62 valence electrons. The molecule has 0 aromatic heterocycles. The van der Waals surface area contributed by atoms with Crippen LogP contribution in [0.2, 0.25) is 0 Å². The highest BCUT2D eigenvalue weighted by Gasteiger charge is 1.95. The zero-order valence-electron chi connectivity index (χ0n) is 6.89. The van der Waals surface area contributed by atoms with Gasteiger partial charge >= 0.3 is 0 Å². The highest BCUT2D eigenvalue weighted by atomic mass is 19.1. The summed E-state index contributed by atoms with van der Waals surface area (Å²) < 4.78 is 12.2. The van der Waals surface area contributed by atoms with Crippen LogP contribution in [-0.4, -0.2) is 5.11 Å². The van der Waals surface area contributed by atoms with Gasteiger partial charge in [0.2, 0.25) is 0 Å². The molecule has 0 fully saturated rings. The van der Waals surface area contributed by atoms with Gasteiger partial charge in [-0.1, -0.05) is 24.3 Å². The molecule has 0 radical (unpaired) electrons. The van der Waals surface area contributed by atoms with E-state index in [2.05, 4.69) is 6.58 Å². The Morgan fingerprint density at radius 1 is 1.55 bits per heavy atom. The molecule has 0 bridgehead atoms. The first-order valence-electron chi connectivity index (χ1n) is 3.41. The van der Waals surface area contributed by atoms with Gasteiger partial charge in [0.05, 0.1) is 0 Å². The molecule has 0 saturated heterocycles. The number of aliphatic hydroxyl groups excluding tert-OH is 1. The van der Waals surface area contributed by atoms with Gasteiger partial charge in [0, 0.05) is 6.42 Å². The maximum absolute atomic E-state index is 12.2. The van der Waals surface area contributed by atoms with Crippen molar-refractivity contribution in [3.8, 4) is 0 Å². The van der Waals surface area contributed by atoms with Gasteiger partial charge in [-0.15, -0.1) is 0 Å². The molecule has 0 aliphatic carbocycles. The van der Waals surface area contributed by atoms with E-state index >= 15 is 0 Å². The SMILES string of the molecule is C=C/C(C)=C\C/C(O)=C(\C)F. The molecule has 0 heterocycles. The lowest BCUT2D eigenvalue weighted by molar-refractivity contribution is 0.371. The number of halogens is 1. The average Bonchev–Trinajstić information content (AvgIpc) is 1.99. The van der Waals surface area contributed by atoms with E-state index in [1.54, 1.807) is 12.2 Å². The number of allylic oxidation sites excluding steroid dienone is 4. The molecule has 2 heteroatoms. The first-order chi connectivity index (χ1) is 5.07. The summed E-state index contributed by atoms with van der Waals surface area (Å²) in [6.45, 7) is 6.59. The van der Waals surface area contributed by atoms with Crippen molar-refractivity contribution in [2.45, 2.75) is 20.3 Å². The molecule has 0 aromatic carbocycles. The summed E-state index contributed by atoms with van der Waals surface area (Å²) in [6, 6.07) is 0. The molecule has 0 atom stereocenters. The number of aliphatic hydroxyl groups is 1. The molecule has 0 aliphatic heterocycles. The van der Waals surface area contributed by atoms with Crippen molar-refractivity contribution in [1.82, 2.24) is 0 Å². The average molecular weight is 156 g/mol. The maximum atomic E-state index is 12.2. The highest BCUT2D eigenvalue weighted by Crippen LogP contribution is 2.08.